The van der Waals surface area contributed by atoms with E-state index in [1.165, 1.54) is 6.42 Å². The van der Waals surface area contributed by atoms with Crippen LogP contribution in [0.4, 0.5) is 5.82 Å². The Balaban J connectivity index is 1.92. The lowest BCUT2D eigenvalue weighted by atomic mass is 9.78. The van der Waals surface area contributed by atoms with Crippen LogP contribution in [0, 0.1) is 18.8 Å². The molecule has 6 nitrogen and oxygen atoms in total. The fourth-order valence-electron chi connectivity index (χ4n) is 2.81. The van der Waals surface area contributed by atoms with Gasteiger partial charge in [-0.3, -0.25) is 14.3 Å². The molecule has 0 aromatic carbocycles. The fourth-order valence-corrected chi connectivity index (χ4v) is 2.81. The number of nitrogens with zero attached hydrogens (tertiary/aromatic N) is 2. The van der Waals surface area contributed by atoms with Crippen molar-refractivity contribution < 1.29 is 9.59 Å². The standard InChI is InChI=1S/C15H24N4O2/c1-9-6-5-7-12(11(9)3)16-14(20)15(21)17-13-8-10(2)19(4)18-13/h8-9,11-12H,5-7H2,1-4H3,(H,16,20)(H,17,18,21). The molecule has 0 aliphatic heterocycles. The molecule has 21 heavy (non-hydrogen) atoms. The van der Waals surface area contributed by atoms with E-state index in [0.717, 1.165) is 18.5 Å². The largest absolute Gasteiger partial charge is 0.345 e. The summed E-state index contributed by atoms with van der Waals surface area (Å²) < 4.78 is 1.65. The van der Waals surface area contributed by atoms with Gasteiger partial charge < -0.3 is 10.6 Å². The van der Waals surface area contributed by atoms with E-state index in [0.29, 0.717) is 17.7 Å². The van der Waals surface area contributed by atoms with Crippen LogP contribution in [-0.4, -0.2) is 27.6 Å². The van der Waals surface area contributed by atoms with Gasteiger partial charge in [-0.25, -0.2) is 0 Å². The number of carbonyl (C=O) groups excluding carboxylic acids is 2. The molecule has 0 saturated heterocycles. The van der Waals surface area contributed by atoms with Crippen molar-refractivity contribution in [3.8, 4) is 0 Å². The van der Waals surface area contributed by atoms with Crippen LogP contribution in [0.5, 0.6) is 0 Å². The van der Waals surface area contributed by atoms with Crippen LogP contribution in [0.3, 0.4) is 0 Å². The quantitative estimate of drug-likeness (QED) is 0.813. The van der Waals surface area contributed by atoms with Gasteiger partial charge in [-0.15, -0.1) is 0 Å². The maximum Gasteiger partial charge on any atom is 0.314 e. The Morgan fingerprint density at radius 2 is 2.00 bits per heavy atom. The van der Waals surface area contributed by atoms with E-state index < -0.39 is 11.8 Å². The van der Waals surface area contributed by atoms with Gasteiger partial charge in [0.15, 0.2) is 5.82 Å². The van der Waals surface area contributed by atoms with Crippen LogP contribution in [0.1, 0.15) is 38.8 Å². The molecular formula is C15H24N4O2. The van der Waals surface area contributed by atoms with Crippen LogP contribution >= 0.6 is 0 Å². The van der Waals surface area contributed by atoms with E-state index in [-0.39, 0.29) is 6.04 Å². The third-order valence-corrected chi connectivity index (χ3v) is 4.58. The van der Waals surface area contributed by atoms with Crippen LogP contribution in [0.25, 0.3) is 0 Å². The molecule has 2 amide bonds. The third kappa shape index (κ3) is 3.62. The van der Waals surface area contributed by atoms with Gasteiger partial charge in [0, 0.05) is 24.8 Å². The summed E-state index contributed by atoms with van der Waals surface area (Å²) in [6, 6.07) is 1.81. The van der Waals surface area contributed by atoms with Crippen molar-refractivity contribution in [2.24, 2.45) is 18.9 Å². The SMILES string of the molecule is Cc1cc(NC(=O)C(=O)NC2CCCC(C)C2C)nn1C. The zero-order valence-electron chi connectivity index (χ0n) is 13.1. The van der Waals surface area contributed by atoms with Gasteiger partial charge in [0.05, 0.1) is 0 Å². The monoisotopic (exact) mass is 292 g/mol. The van der Waals surface area contributed by atoms with Crippen LogP contribution in [0.15, 0.2) is 6.07 Å². The third-order valence-electron chi connectivity index (χ3n) is 4.58. The summed E-state index contributed by atoms with van der Waals surface area (Å²) in [5.74, 6) is 0.140. The summed E-state index contributed by atoms with van der Waals surface area (Å²) in [5.41, 5.74) is 0.917. The smallest absolute Gasteiger partial charge is 0.314 e. The summed E-state index contributed by atoms with van der Waals surface area (Å²) in [5, 5.41) is 9.50. The molecular weight excluding hydrogens is 268 g/mol. The second kappa shape index (κ2) is 6.28. The molecule has 116 valence electrons. The lowest BCUT2D eigenvalue weighted by Crippen LogP contribution is -2.47. The molecule has 0 spiro atoms. The maximum absolute atomic E-state index is 12.0. The van der Waals surface area contributed by atoms with Crippen molar-refractivity contribution in [2.75, 3.05) is 5.32 Å². The first-order valence-electron chi connectivity index (χ1n) is 7.51. The van der Waals surface area contributed by atoms with Gasteiger partial charge in [-0.05, 0) is 25.2 Å². The van der Waals surface area contributed by atoms with Gasteiger partial charge in [0.2, 0.25) is 0 Å². The molecule has 1 fully saturated rings. The molecule has 1 saturated carbocycles. The van der Waals surface area contributed by atoms with Crippen LogP contribution in [0.2, 0.25) is 0 Å². The van der Waals surface area contributed by atoms with Gasteiger partial charge in [0.1, 0.15) is 0 Å². The number of aryl methyl sites for hydroxylation is 2. The molecule has 2 rings (SSSR count). The first-order valence-corrected chi connectivity index (χ1v) is 7.51. The topological polar surface area (TPSA) is 76.0 Å². The lowest BCUT2D eigenvalue weighted by molar-refractivity contribution is -0.137. The first-order chi connectivity index (χ1) is 9.88. The van der Waals surface area contributed by atoms with Crippen molar-refractivity contribution in [3.63, 3.8) is 0 Å². The Kier molecular flexibility index (Phi) is 4.65. The first kappa shape index (κ1) is 15.5. The molecule has 1 aliphatic rings. The predicted octanol–water partition coefficient (Wildman–Crippen LogP) is 1.61. The summed E-state index contributed by atoms with van der Waals surface area (Å²) in [4.78, 5) is 23.9. The summed E-state index contributed by atoms with van der Waals surface area (Å²) in [6.45, 7) is 6.21. The van der Waals surface area contributed by atoms with Crippen molar-refractivity contribution in [1.82, 2.24) is 15.1 Å². The zero-order chi connectivity index (χ0) is 15.6. The molecule has 0 radical (unpaired) electrons. The molecule has 3 unspecified atom stereocenters. The highest BCUT2D eigenvalue weighted by molar-refractivity contribution is 6.39. The minimum atomic E-state index is -0.654. The van der Waals surface area contributed by atoms with Crippen molar-refractivity contribution in [3.05, 3.63) is 11.8 Å². The molecule has 6 heteroatoms. The Hall–Kier alpha value is -1.85. The number of hydrogen-bond acceptors (Lipinski definition) is 3. The summed E-state index contributed by atoms with van der Waals surface area (Å²) in [7, 11) is 1.79. The van der Waals surface area contributed by atoms with Crippen LogP contribution in [-0.2, 0) is 16.6 Å². The second-order valence-electron chi connectivity index (χ2n) is 6.10. The lowest BCUT2D eigenvalue weighted by Gasteiger charge is -2.34. The molecule has 0 bridgehead atoms. The Bertz CT molecular complexity index is 518. The van der Waals surface area contributed by atoms with E-state index >= 15 is 0 Å². The highest BCUT2D eigenvalue weighted by Gasteiger charge is 2.29. The normalized spacial score (nSPS) is 25.4. The zero-order valence-corrected chi connectivity index (χ0v) is 13.1. The number of rotatable bonds is 2. The Morgan fingerprint density at radius 3 is 2.62 bits per heavy atom. The molecule has 1 aromatic rings. The minimum absolute atomic E-state index is 0.0810. The summed E-state index contributed by atoms with van der Waals surface area (Å²) >= 11 is 0. The average molecular weight is 292 g/mol. The van der Waals surface area contributed by atoms with Gasteiger partial charge in [0.25, 0.3) is 0 Å². The summed E-state index contributed by atoms with van der Waals surface area (Å²) in [6.07, 6.45) is 3.22. The molecule has 2 N–H and O–H groups in total. The van der Waals surface area contributed by atoms with E-state index in [1.54, 1.807) is 17.8 Å². The van der Waals surface area contributed by atoms with Crippen molar-refractivity contribution >= 4 is 17.6 Å². The van der Waals surface area contributed by atoms with E-state index in [1.807, 2.05) is 6.92 Å². The van der Waals surface area contributed by atoms with Crippen molar-refractivity contribution in [1.29, 1.82) is 0 Å². The fraction of sp³-hybridized carbons (Fsp3) is 0.667. The van der Waals surface area contributed by atoms with Crippen LogP contribution < -0.4 is 10.6 Å². The van der Waals surface area contributed by atoms with E-state index in [4.69, 9.17) is 0 Å². The molecule has 1 aliphatic carbocycles. The minimum Gasteiger partial charge on any atom is -0.345 e. The Labute approximate surface area is 125 Å². The second-order valence-corrected chi connectivity index (χ2v) is 6.10. The Morgan fingerprint density at radius 1 is 1.29 bits per heavy atom. The van der Waals surface area contributed by atoms with Crippen molar-refractivity contribution in [2.45, 2.75) is 46.1 Å². The van der Waals surface area contributed by atoms with Gasteiger partial charge >= 0.3 is 11.8 Å². The number of carbonyl (C=O) groups is 2. The number of aromatic nitrogens is 2. The number of nitrogens with one attached hydrogen (secondary N) is 2. The van der Waals surface area contributed by atoms with E-state index in [2.05, 4.69) is 29.6 Å². The molecule has 3 atom stereocenters. The highest BCUT2D eigenvalue weighted by atomic mass is 16.2. The van der Waals surface area contributed by atoms with E-state index in [9.17, 15) is 9.59 Å². The number of hydrogen-bond donors (Lipinski definition) is 2. The van der Waals surface area contributed by atoms with Gasteiger partial charge in [-0.2, -0.15) is 5.10 Å². The highest BCUT2D eigenvalue weighted by Crippen LogP contribution is 2.29. The van der Waals surface area contributed by atoms with Gasteiger partial charge in [-0.1, -0.05) is 26.7 Å². The average Bonchev–Trinajstić information content (AvgIpc) is 2.73. The molecule has 1 aromatic heterocycles. The molecule has 1 heterocycles. The predicted molar refractivity (Wildman–Crippen MR) is 80.7 cm³/mol. The number of anilines is 1. The maximum atomic E-state index is 12.0. The number of amides is 2.